The van der Waals surface area contributed by atoms with Crippen LogP contribution in [-0.4, -0.2) is 25.1 Å². The molecule has 0 aliphatic heterocycles. The lowest BCUT2D eigenvalue weighted by atomic mass is 10.2. The summed E-state index contributed by atoms with van der Waals surface area (Å²) in [5.74, 6) is 0.628. The number of nitrogens with one attached hydrogen (secondary N) is 2. The maximum Gasteiger partial charge on any atom is 0.145 e. The monoisotopic (exact) mass is 224 g/mol. The number of rotatable bonds is 4. The van der Waals surface area contributed by atoms with Crippen LogP contribution in [0.2, 0.25) is 5.02 Å². The number of aryl methyl sites for hydroxylation is 1. The lowest BCUT2D eigenvalue weighted by Gasteiger charge is -2.08. The van der Waals surface area contributed by atoms with Crippen molar-refractivity contribution in [2.75, 3.05) is 25.5 Å². The molecule has 0 aliphatic rings. The average molecular weight is 225 g/mol. The molecule has 15 heavy (non-hydrogen) atoms. The molecule has 0 bridgehead atoms. The Hall–Kier alpha value is -1.31. The summed E-state index contributed by atoms with van der Waals surface area (Å²) in [6.45, 7) is 3.36. The van der Waals surface area contributed by atoms with Crippen molar-refractivity contribution in [3.05, 3.63) is 22.3 Å². The molecule has 0 aromatic carbocycles. The number of hydrogen-bond acceptors (Lipinski definition) is 4. The normalized spacial score (nSPS) is 9.73. The molecular formula is C10H13ClN4. The van der Waals surface area contributed by atoms with Gasteiger partial charge in [0, 0.05) is 13.1 Å². The van der Waals surface area contributed by atoms with E-state index in [2.05, 4.69) is 15.6 Å². The minimum Gasteiger partial charge on any atom is -0.368 e. The van der Waals surface area contributed by atoms with Crippen LogP contribution in [0.4, 0.5) is 5.82 Å². The minimum atomic E-state index is 0.480. The van der Waals surface area contributed by atoms with E-state index in [4.69, 9.17) is 16.9 Å². The van der Waals surface area contributed by atoms with E-state index in [9.17, 15) is 0 Å². The highest BCUT2D eigenvalue weighted by Crippen LogP contribution is 2.21. The van der Waals surface area contributed by atoms with E-state index in [0.717, 1.165) is 13.1 Å². The first-order chi connectivity index (χ1) is 7.19. The molecule has 4 nitrogen and oxygen atoms in total. The summed E-state index contributed by atoms with van der Waals surface area (Å²) in [5.41, 5.74) is 1.20. The van der Waals surface area contributed by atoms with E-state index in [1.54, 1.807) is 13.0 Å². The molecule has 1 aromatic rings. The fourth-order valence-electron chi connectivity index (χ4n) is 1.12. The Bertz CT molecular complexity index is 384. The van der Waals surface area contributed by atoms with Crippen LogP contribution in [0.5, 0.6) is 0 Å². The molecule has 0 atom stereocenters. The van der Waals surface area contributed by atoms with Gasteiger partial charge in [0.2, 0.25) is 0 Å². The Balaban J connectivity index is 2.82. The smallest absolute Gasteiger partial charge is 0.145 e. The fraction of sp³-hybridized carbons (Fsp3) is 0.400. The zero-order valence-corrected chi connectivity index (χ0v) is 9.52. The molecule has 0 radical (unpaired) electrons. The first-order valence-corrected chi connectivity index (χ1v) is 5.02. The maximum absolute atomic E-state index is 8.77. The Morgan fingerprint density at radius 3 is 2.87 bits per heavy atom. The van der Waals surface area contributed by atoms with E-state index in [0.29, 0.717) is 22.1 Å². The molecule has 0 unspecified atom stereocenters. The van der Waals surface area contributed by atoms with E-state index >= 15 is 0 Å². The molecule has 0 saturated heterocycles. The summed E-state index contributed by atoms with van der Waals surface area (Å²) >= 11 is 5.96. The van der Waals surface area contributed by atoms with E-state index in [-0.39, 0.29) is 0 Å². The van der Waals surface area contributed by atoms with E-state index < -0.39 is 0 Å². The number of aromatic nitrogens is 1. The summed E-state index contributed by atoms with van der Waals surface area (Å²) in [4.78, 5) is 4.22. The molecular weight excluding hydrogens is 212 g/mol. The standard InChI is InChI=1S/C10H13ClN4/c1-7-8(6-12)5-9(11)10(15-7)14-4-3-13-2/h5,13H,3-4H2,1-2H3,(H,14,15). The van der Waals surface area contributed by atoms with Crippen LogP contribution in [-0.2, 0) is 0 Å². The molecule has 1 rings (SSSR count). The third-order valence-electron chi connectivity index (χ3n) is 1.95. The fourth-order valence-corrected chi connectivity index (χ4v) is 1.34. The molecule has 80 valence electrons. The largest absolute Gasteiger partial charge is 0.368 e. The quantitative estimate of drug-likeness (QED) is 0.762. The number of pyridine rings is 1. The molecule has 2 N–H and O–H groups in total. The summed E-state index contributed by atoms with van der Waals surface area (Å²) in [6.07, 6.45) is 0. The van der Waals surface area contributed by atoms with Crippen LogP contribution >= 0.6 is 11.6 Å². The maximum atomic E-state index is 8.77. The third-order valence-corrected chi connectivity index (χ3v) is 2.24. The van der Waals surface area contributed by atoms with Gasteiger partial charge in [-0.3, -0.25) is 0 Å². The lowest BCUT2D eigenvalue weighted by molar-refractivity contribution is 0.821. The highest BCUT2D eigenvalue weighted by atomic mass is 35.5. The van der Waals surface area contributed by atoms with Gasteiger partial charge in [0.25, 0.3) is 0 Å². The number of nitriles is 1. The summed E-state index contributed by atoms with van der Waals surface area (Å²) in [6, 6.07) is 3.67. The van der Waals surface area contributed by atoms with Crippen molar-refractivity contribution in [1.29, 1.82) is 5.26 Å². The van der Waals surface area contributed by atoms with Gasteiger partial charge in [0.15, 0.2) is 0 Å². The van der Waals surface area contributed by atoms with Gasteiger partial charge in [0.05, 0.1) is 16.3 Å². The van der Waals surface area contributed by atoms with Crippen molar-refractivity contribution < 1.29 is 0 Å². The average Bonchev–Trinajstić information content (AvgIpc) is 2.23. The minimum absolute atomic E-state index is 0.480. The molecule has 0 fully saturated rings. The SMILES string of the molecule is CNCCNc1nc(C)c(C#N)cc1Cl. The zero-order chi connectivity index (χ0) is 11.3. The number of likely N-dealkylation sites (N-methyl/N-ethyl adjacent to an activating group) is 1. The van der Waals surface area contributed by atoms with Gasteiger partial charge in [0.1, 0.15) is 11.9 Å². The van der Waals surface area contributed by atoms with Crippen molar-refractivity contribution in [3.8, 4) is 6.07 Å². The molecule has 5 heteroatoms. The topological polar surface area (TPSA) is 60.7 Å². The Kier molecular flexibility index (Phi) is 4.35. The van der Waals surface area contributed by atoms with Crippen molar-refractivity contribution in [1.82, 2.24) is 10.3 Å². The van der Waals surface area contributed by atoms with Crippen LogP contribution in [0.15, 0.2) is 6.07 Å². The van der Waals surface area contributed by atoms with Crippen molar-refractivity contribution in [2.24, 2.45) is 0 Å². The first kappa shape index (κ1) is 11.8. The highest BCUT2D eigenvalue weighted by Gasteiger charge is 2.06. The molecule has 1 aromatic heterocycles. The lowest BCUT2D eigenvalue weighted by Crippen LogP contribution is -2.18. The Morgan fingerprint density at radius 2 is 2.27 bits per heavy atom. The van der Waals surface area contributed by atoms with Crippen molar-refractivity contribution in [3.63, 3.8) is 0 Å². The van der Waals surface area contributed by atoms with Crippen LogP contribution in [0.25, 0.3) is 0 Å². The predicted octanol–water partition coefficient (Wildman–Crippen LogP) is 1.55. The molecule has 0 aliphatic carbocycles. The zero-order valence-electron chi connectivity index (χ0n) is 8.76. The second kappa shape index (κ2) is 5.54. The van der Waals surface area contributed by atoms with Crippen LogP contribution in [0, 0.1) is 18.3 Å². The van der Waals surface area contributed by atoms with Crippen molar-refractivity contribution in [2.45, 2.75) is 6.92 Å². The molecule has 1 heterocycles. The van der Waals surface area contributed by atoms with Gasteiger partial charge in [-0.2, -0.15) is 5.26 Å². The third kappa shape index (κ3) is 3.08. The Morgan fingerprint density at radius 1 is 1.53 bits per heavy atom. The second-order valence-electron chi connectivity index (χ2n) is 3.09. The van der Waals surface area contributed by atoms with E-state index in [1.165, 1.54) is 0 Å². The van der Waals surface area contributed by atoms with Crippen LogP contribution < -0.4 is 10.6 Å². The van der Waals surface area contributed by atoms with Gasteiger partial charge in [-0.15, -0.1) is 0 Å². The summed E-state index contributed by atoms with van der Waals surface area (Å²) < 4.78 is 0. The number of anilines is 1. The van der Waals surface area contributed by atoms with Crippen LogP contribution in [0.3, 0.4) is 0 Å². The number of halogens is 1. The molecule has 0 amide bonds. The van der Waals surface area contributed by atoms with Crippen molar-refractivity contribution >= 4 is 17.4 Å². The van der Waals surface area contributed by atoms with Gasteiger partial charge in [-0.25, -0.2) is 4.98 Å². The highest BCUT2D eigenvalue weighted by molar-refractivity contribution is 6.33. The number of nitrogens with zero attached hydrogens (tertiary/aromatic N) is 2. The Labute approximate surface area is 94.3 Å². The van der Waals surface area contributed by atoms with Gasteiger partial charge >= 0.3 is 0 Å². The van der Waals surface area contributed by atoms with Crippen LogP contribution in [0.1, 0.15) is 11.3 Å². The molecule has 0 saturated carbocycles. The van der Waals surface area contributed by atoms with E-state index in [1.807, 2.05) is 13.1 Å². The predicted molar refractivity (Wildman–Crippen MR) is 61.1 cm³/mol. The second-order valence-corrected chi connectivity index (χ2v) is 3.50. The summed E-state index contributed by atoms with van der Waals surface area (Å²) in [7, 11) is 1.88. The van der Waals surface area contributed by atoms with Gasteiger partial charge in [-0.1, -0.05) is 11.6 Å². The van der Waals surface area contributed by atoms with Gasteiger partial charge in [-0.05, 0) is 20.0 Å². The molecule has 0 spiro atoms. The summed E-state index contributed by atoms with van der Waals surface area (Å²) in [5, 5.41) is 15.3. The van der Waals surface area contributed by atoms with Gasteiger partial charge < -0.3 is 10.6 Å². The number of hydrogen-bond donors (Lipinski definition) is 2. The first-order valence-electron chi connectivity index (χ1n) is 4.64.